The zero-order valence-corrected chi connectivity index (χ0v) is 26.7. The average molecular weight is 599 g/mol. The first-order valence-corrected chi connectivity index (χ1v) is 16.5. The summed E-state index contributed by atoms with van der Waals surface area (Å²) in [5.41, 5.74) is 15.6. The summed E-state index contributed by atoms with van der Waals surface area (Å²) >= 11 is 0. The molecule has 0 amide bonds. The second-order valence-electron chi connectivity index (χ2n) is 13.3. The third-order valence-corrected chi connectivity index (χ3v) is 10.3. The van der Waals surface area contributed by atoms with Crippen molar-refractivity contribution in [1.82, 2.24) is 0 Å². The van der Waals surface area contributed by atoms with E-state index < -0.39 is 0 Å². The molecular weight excluding hydrogens is 565 g/mol. The van der Waals surface area contributed by atoms with Gasteiger partial charge in [-0.3, -0.25) is 0 Å². The molecule has 0 bridgehead atoms. The molecule has 0 spiro atoms. The van der Waals surface area contributed by atoms with Gasteiger partial charge >= 0.3 is 0 Å². The van der Waals surface area contributed by atoms with Crippen molar-refractivity contribution in [3.05, 3.63) is 181 Å². The molecular formula is C47H34. The lowest BCUT2D eigenvalue weighted by molar-refractivity contribution is 0.660. The molecule has 0 unspecified atom stereocenters. The molecule has 222 valence electrons. The molecule has 47 heavy (non-hydrogen) atoms. The second-order valence-corrected chi connectivity index (χ2v) is 13.3. The Morgan fingerprint density at radius 1 is 0.298 bits per heavy atom. The van der Waals surface area contributed by atoms with Crippen molar-refractivity contribution in [2.24, 2.45) is 0 Å². The van der Waals surface area contributed by atoms with E-state index in [0.29, 0.717) is 0 Å². The summed E-state index contributed by atoms with van der Waals surface area (Å²) in [6, 6.07) is 62.5. The number of fused-ring (bicyclic) bond motifs is 5. The van der Waals surface area contributed by atoms with Crippen LogP contribution in [-0.2, 0) is 5.41 Å². The molecule has 8 aromatic rings. The Balaban J connectivity index is 1.22. The summed E-state index contributed by atoms with van der Waals surface area (Å²) in [7, 11) is 0. The van der Waals surface area contributed by atoms with Crippen molar-refractivity contribution in [3.8, 4) is 55.6 Å². The lowest BCUT2D eigenvalue weighted by atomic mass is 9.82. The van der Waals surface area contributed by atoms with Crippen LogP contribution in [-0.4, -0.2) is 0 Å². The quantitative estimate of drug-likeness (QED) is 0.177. The normalized spacial score (nSPS) is 13.1. The van der Waals surface area contributed by atoms with E-state index in [4.69, 9.17) is 0 Å². The molecule has 8 aromatic carbocycles. The number of benzene rings is 8. The molecule has 1 aliphatic carbocycles. The first-order chi connectivity index (χ1) is 23.1. The zero-order chi connectivity index (χ0) is 31.5. The molecule has 0 saturated carbocycles. The predicted molar refractivity (Wildman–Crippen MR) is 201 cm³/mol. The van der Waals surface area contributed by atoms with Crippen LogP contribution in [0, 0.1) is 0 Å². The third kappa shape index (κ3) is 4.29. The summed E-state index contributed by atoms with van der Waals surface area (Å²) < 4.78 is 0. The Bertz CT molecular complexity index is 2400. The minimum atomic E-state index is -0.0118. The number of rotatable bonds is 4. The lowest BCUT2D eigenvalue weighted by Gasteiger charge is -2.21. The Labute approximate surface area is 276 Å². The van der Waals surface area contributed by atoms with Gasteiger partial charge in [0.1, 0.15) is 0 Å². The summed E-state index contributed by atoms with van der Waals surface area (Å²) in [6.07, 6.45) is 0. The predicted octanol–water partition coefficient (Wildman–Crippen LogP) is 13.0. The van der Waals surface area contributed by atoms with Crippen LogP contribution in [0.4, 0.5) is 0 Å². The van der Waals surface area contributed by atoms with E-state index in [-0.39, 0.29) is 5.41 Å². The summed E-state index contributed by atoms with van der Waals surface area (Å²) in [5, 5.41) is 5.09. The van der Waals surface area contributed by atoms with Crippen molar-refractivity contribution in [2.75, 3.05) is 0 Å². The van der Waals surface area contributed by atoms with Crippen LogP contribution in [0.2, 0.25) is 0 Å². The van der Waals surface area contributed by atoms with Gasteiger partial charge in [0.25, 0.3) is 0 Å². The maximum Gasteiger partial charge on any atom is 0.0159 e. The second kappa shape index (κ2) is 10.7. The Morgan fingerprint density at radius 2 is 0.766 bits per heavy atom. The van der Waals surface area contributed by atoms with Gasteiger partial charge in [0, 0.05) is 5.41 Å². The van der Waals surface area contributed by atoms with Gasteiger partial charge in [-0.15, -0.1) is 0 Å². The lowest BCUT2D eigenvalue weighted by Crippen LogP contribution is -2.14. The molecule has 0 aliphatic heterocycles. The highest BCUT2D eigenvalue weighted by Crippen LogP contribution is 2.52. The maximum absolute atomic E-state index is 2.35. The van der Waals surface area contributed by atoms with Crippen molar-refractivity contribution >= 4 is 21.5 Å². The molecule has 0 N–H and O–H groups in total. The molecule has 1 aliphatic rings. The molecule has 9 rings (SSSR count). The summed E-state index contributed by atoms with van der Waals surface area (Å²) in [4.78, 5) is 0. The monoisotopic (exact) mass is 598 g/mol. The highest BCUT2D eigenvalue weighted by molar-refractivity contribution is 6.21. The van der Waals surface area contributed by atoms with Crippen LogP contribution >= 0.6 is 0 Å². The van der Waals surface area contributed by atoms with E-state index >= 15 is 0 Å². The fraction of sp³-hybridized carbons (Fsp3) is 0.0638. The van der Waals surface area contributed by atoms with Crippen LogP contribution in [0.5, 0.6) is 0 Å². The molecule has 0 fully saturated rings. The number of hydrogen-bond acceptors (Lipinski definition) is 0. The van der Waals surface area contributed by atoms with Crippen LogP contribution in [0.15, 0.2) is 170 Å². The highest BCUT2D eigenvalue weighted by Gasteiger charge is 2.36. The van der Waals surface area contributed by atoms with Crippen molar-refractivity contribution < 1.29 is 0 Å². The fourth-order valence-corrected chi connectivity index (χ4v) is 8.05. The molecule has 0 heterocycles. The zero-order valence-electron chi connectivity index (χ0n) is 26.7. The van der Waals surface area contributed by atoms with E-state index in [1.807, 2.05) is 0 Å². The van der Waals surface area contributed by atoms with Gasteiger partial charge in [0.05, 0.1) is 0 Å². The van der Waals surface area contributed by atoms with Gasteiger partial charge in [-0.1, -0.05) is 178 Å². The molecule has 0 heteroatoms. The summed E-state index contributed by atoms with van der Waals surface area (Å²) in [5.74, 6) is 0. The Hall–Kier alpha value is -5.72. The van der Waals surface area contributed by atoms with Gasteiger partial charge in [-0.05, 0) is 94.4 Å². The Morgan fingerprint density at radius 3 is 1.45 bits per heavy atom. The van der Waals surface area contributed by atoms with Crippen LogP contribution in [0.25, 0.3) is 77.2 Å². The first kappa shape index (κ1) is 27.6. The van der Waals surface area contributed by atoms with E-state index in [0.717, 1.165) is 0 Å². The van der Waals surface area contributed by atoms with Crippen LogP contribution < -0.4 is 0 Å². The average Bonchev–Trinajstić information content (AvgIpc) is 3.37. The molecule has 0 saturated heterocycles. The first-order valence-electron chi connectivity index (χ1n) is 16.5. The van der Waals surface area contributed by atoms with Gasteiger partial charge < -0.3 is 0 Å². The minimum absolute atomic E-state index is 0.0118. The molecule has 0 radical (unpaired) electrons. The maximum atomic E-state index is 2.35. The van der Waals surface area contributed by atoms with Crippen LogP contribution in [0.3, 0.4) is 0 Å². The van der Waals surface area contributed by atoms with Gasteiger partial charge in [-0.25, -0.2) is 0 Å². The smallest absolute Gasteiger partial charge is 0.0159 e. The fourth-order valence-electron chi connectivity index (χ4n) is 8.05. The largest absolute Gasteiger partial charge is 0.0622 e. The standard InChI is InChI=1S/C47H34/c1-47(2)42-24-11-10-22-41(42)46-36(23-13-25-43(46)47)32-26-28-33(29-27-32)44-37-18-6-8-20-39(37)45(40-21-9-7-19-38(40)44)35-17-12-16-34(30-35)31-14-4-3-5-15-31/h3-30H,1-2H3. The third-order valence-electron chi connectivity index (χ3n) is 10.3. The van der Waals surface area contributed by atoms with E-state index in [9.17, 15) is 0 Å². The van der Waals surface area contributed by atoms with Crippen molar-refractivity contribution in [3.63, 3.8) is 0 Å². The van der Waals surface area contributed by atoms with E-state index in [2.05, 4.69) is 184 Å². The number of hydrogen-bond donors (Lipinski definition) is 0. The topological polar surface area (TPSA) is 0 Å². The summed E-state index contributed by atoms with van der Waals surface area (Å²) in [6.45, 7) is 4.70. The van der Waals surface area contributed by atoms with Gasteiger partial charge in [-0.2, -0.15) is 0 Å². The van der Waals surface area contributed by atoms with Gasteiger partial charge in [0.2, 0.25) is 0 Å². The molecule has 0 aromatic heterocycles. The Kier molecular flexibility index (Phi) is 6.27. The van der Waals surface area contributed by atoms with E-state index in [1.165, 1.54) is 88.3 Å². The highest BCUT2D eigenvalue weighted by atomic mass is 14.4. The molecule has 0 nitrogen and oxygen atoms in total. The van der Waals surface area contributed by atoms with Crippen molar-refractivity contribution in [2.45, 2.75) is 19.3 Å². The SMILES string of the molecule is CC1(C)c2ccccc2-c2c(-c3ccc(-c4c5ccccc5c(-c5cccc(-c6ccccc6)c5)c5ccccc45)cc3)cccc21. The van der Waals surface area contributed by atoms with Crippen LogP contribution in [0.1, 0.15) is 25.0 Å². The van der Waals surface area contributed by atoms with Crippen molar-refractivity contribution in [1.29, 1.82) is 0 Å². The molecule has 0 atom stereocenters. The minimum Gasteiger partial charge on any atom is -0.0622 e. The van der Waals surface area contributed by atoms with Gasteiger partial charge in [0.15, 0.2) is 0 Å². The van der Waals surface area contributed by atoms with E-state index in [1.54, 1.807) is 0 Å².